The molecule has 1 aromatic carbocycles. The Morgan fingerprint density at radius 3 is 3.00 bits per heavy atom. The molecule has 0 radical (unpaired) electrons. The van der Waals surface area contributed by atoms with Crippen molar-refractivity contribution < 1.29 is 9.26 Å². The number of nitrogens with zero attached hydrogens (tertiary/aromatic N) is 4. The van der Waals surface area contributed by atoms with Crippen LogP contribution < -0.4 is 20.3 Å². The van der Waals surface area contributed by atoms with Gasteiger partial charge in [0.1, 0.15) is 5.75 Å². The minimum Gasteiger partial charge on any atom is -0.497 e. The van der Waals surface area contributed by atoms with Gasteiger partial charge in [0.25, 0.3) is 0 Å². The summed E-state index contributed by atoms with van der Waals surface area (Å²) < 4.78 is 10.7. The third-order valence-electron chi connectivity index (χ3n) is 5.12. The van der Waals surface area contributed by atoms with Crippen LogP contribution in [0.15, 0.2) is 33.8 Å². The molecule has 0 saturated carbocycles. The number of hydrogen-bond donors (Lipinski definition) is 2. The van der Waals surface area contributed by atoms with Gasteiger partial charge in [0.15, 0.2) is 11.8 Å². The van der Waals surface area contributed by atoms with Crippen LogP contribution in [-0.2, 0) is 6.42 Å². The molecule has 1 aromatic heterocycles. The van der Waals surface area contributed by atoms with Gasteiger partial charge in [0.2, 0.25) is 5.89 Å². The van der Waals surface area contributed by atoms with Crippen molar-refractivity contribution in [1.29, 1.82) is 0 Å². The molecular weight excluding hydrogens is 380 g/mol. The lowest BCUT2D eigenvalue weighted by Crippen LogP contribution is -2.51. The average molecular weight is 415 g/mol. The smallest absolute Gasteiger partial charge is 0.228 e. The molecule has 0 amide bonds. The summed E-state index contributed by atoms with van der Waals surface area (Å²) in [5.74, 6) is 3.38. The Hall–Kier alpha value is -2.77. The molecule has 1 aliphatic rings. The molecule has 1 fully saturated rings. The van der Waals surface area contributed by atoms with Gasteiger partial charge in [0, 0.05) is 49.8 Å². The lowest BCUT2D eigenvalue weighted by molar-refractivity contribution is 0.372. The molecule has 2 N–H and O–H groups in total. The van der Waals surface area contributed by atoms with Gasteiger partial charge in [-0.3, -0.25) is 4.99 Å². The van der Waals surface area contributed by atoms with E-state index < -0.39 is 0 Å². The first-order valence-electron chi connectivity index (χ1n) is 10.8. The lowest BCUT2D eigenvalue weighted by atomic mass is 10.0. The number of ether oxygens (including phenoxy) is 1. The Balaban J connectivity index is 1.57. The van der Waals surface area contributed by atoms with E-state index in [1.165, 1.54) is 5.69 Å². The average Bonchev–Trinajstić information content (AvgIpc) is 3.23. The zero-order valence-corrected chi connectivity index (χ0v) is 18.5. The van der Waals surface area contributed by atoms with Gasteiger partial charge in [-0.25, -0.2) is 0 Å². The molecule has 3 rings (SSSR count). The minimum absolute atomic E-state index is 0.267. The zero-order chi connectivity index (χ0) is 21.3. The second kappa shape index (κ2) is 10.8. The van der Waals surface area contributed by atoms with Crippen LogP contribution >= 0.6 is 0 Å². The molecule has 1 unspecified atom stereocenters. The number of benzene rings is 1. The molecule has 30 heavy (non-hydrogen) atoms. The van der Waals surface area contributed by atoms with E-state index in [4.69, 9.17) is 14.3 Å². The van der Waals surface area contributed by atoms with Gasteiger partial charge >= 0.3 is 0 Å². The Labute approximate surface area is 179 Å². The van der Waals surface area contributed by atoms with Crippen molar-refractivity contribution in [1.82, 2.24) is 20.8 Å². The molecule has 1 aliphatic heterocycles. The maximum atomic E-state index is 5.38. The maximum Gasteiger partial charge on any atom is 0.228 e. The van der Waals surface area contributed by atoms with Gasteiger partial charge < -0.3 is 24.8 Å². The monoisotopic (exact) mass is 414 g/mol. The molecule has 1 atom stereocenters. The number of rotatable bonds is 8. The Morgan fingerprint density at radius 2 is 2.27 bits per heavy atom. The largest absolute Gasteiger partial charge is 0.497 e. The first-order valence-corrected chi connectivity index (χ1v) is 10.8. The van der Waals surface area contributed by atoms with Crippen LogP contribution in [-0.4, -0.2) is 55.4 Å². The predicted molar refractivity (Wildman–Crippen MR) is 119 cm³/mol. The highest BCUT2D eigenvalue weighted by Gasteiger charge is 2.21. The van der Waals surface area contributed by atoms with E-state index in [1.807, 2.05) is 12.1 Å². The highest BCUT2D eigenvalue weighted by Crippen LogP contribution is 2.24. The van der Waals surface area contributed by atoms with Crippen molar-refractivity contribution in [3.63, 3.8) is 0 Å². The first-order chi connectivity index (χ1) is 14.6. The fourth-order valence-electron chi connectivity index (χ4n) is 3.52. The van der Waals surface area contributed by atoms with Gasteiger partial charge in [-0.2, -0.15) is 4.98 Å². The van der Waals surface area contributed by atoms with E-state index in [2.05, 4.69) is 58.6 Å². The Kier molecular flexibility index (Phi) is 7.93. The molecule has 1 saturated heterocycles. The molecule has 8 heteroatoms. The summed E-state index contributed by atoms with van der Waals surface area (Å²) >= 11 is 0. The quantitative estimate of drug-likeness (QED) is 0.507. The van der Waals surface area contributed by atoms with Gasteiger partial charge in [-0.05, 0) is 31.9 Å². The fraction of sp³-hybridized carbons (Fsp3) is 0.591. The van der Waals surface area contributed by atoms with E-state index >= 15 is 0 Å². The van der Waals surface area contributed by atoms with Crippen molar-refractivity contribution in [2.24, 2.45) is 4.99 Å². The summed E-state index contributed by atoms with van der Waals surface area (Å²) in [5, 5.41) is 11.0. The number of aliphatic imine (C=N–C) groups is 1. The SMILES string of the molecule is CCNC(=NCCc1nc(C(C)C)no1)NC1CCCN(c2cccc(OC)c2)C1. The molecule has 8 nitrogen and oxygen atoms in total. The van der Waals surface area contributed by atoms with E-state index in [0.717, 1.165) is 50.0 Å². The number of methoxy groups -OCH3 is 1. The van der Waals surface area contributed by atoms with Crippen LogP contribution in [0.3, 0.4) is 0 Å². The number of anilines is 1. The summed E-state index contributed by atoms with van der Waals surface area (Å²) in [5.41, 5.74) is 1.19. The molecule has 164 valence electrons. The van der Waals surface area contributed by atoms with Crippen LogP contribution in [0, 0.1) is 0 Å². The van der Waals surface area contributed by atoms with Gasteiger partial charge in [0.05, 0.1) is 13.7 Å². The Bertz CT molecular complexity index is 819. The van der Waals surface area contributed by atoms with Crippen LogP contribution in [0.1, 0.15) is 51.2 Å². The highest BCUT2D eigenvalue weighted by atomic mass is 16.5. The zero-order valence-electron chi connectivity index (χ0n) is 18.5. The van der Waals surface area contributed by atoms with Crippen LogP contribution in [0.5, 0.6) is 5.75 Å². The lowest BCUT2D eigenvalue weighted by Gasteiger charge is -2.35. The third-order valence-corrected chi connectivity index (χ3v) is 5.12. The Morgan fingerprint density at radius 1 is 1.40 bits per heavy atom. The summed E-state index contributed by atoms with van der Waals surface area (Å²) in [6.07, 6.45) is 2.89. The maximum absolute atomic E-state index is 5.38. The second-order valence-electron chi connectivity index (χ2n) is 7.84. The highest BCUT2D eigenvalue weighted by molar-refractivity contribution is 5.80. The fourth-order valence-corrected chi connectivity index (χ4v) is 3.52. The van der Waals surface area contributed by atoms with Gasteiger partial charge in [-0.15, -0.1) is 0 Å². The van der Waals surface area contributed by atoms with Crippen LogP contribution in [0.4, 0.5) is 5.69 Å². The van der Waals surface area contributed by atoms with Crippen molar-refractivity contribution in [2.75, 3.05) is 38.2 Å². The van der Waals surface area contributed by atoms with Crippen LogP contribution in [0.2, 0.25) is 0 Å². The molecule has 0 aliphatic carbocycles. The topological polar surface area (TPSA) is 87.8 Å². The molecule has 0 bridgehead atoms. The van der Waals surface area contributed by atoms with E-state index in [1.54, 1.807) is 7.11 Å². The molecular formula is C22H34N6O2. The number of piperidine rings is 1. The summed E-state index contributed by atoms with van der Waals surface area (Å²) in [7, 11) is 1.71. The van der Waals surface area contributed by atoms with Crippen molar-refractivity contribution >= 4 is 11.6 Å². The van der Waals surface area contributed by atoms with Crippen LogP contribution in [0.25, 0.3) is 0 Å². The van der Waals surface area contributed by atoms with Crippen molar-refractivity contribution in [3.05, 3.63) is 36.0 Å². The molecule has 2 aromatic rings. The second-order valence-corrected chi connectivity index (χ2v) is 7.84. The minimum atomic E-state index is 0.267. The van der Waals surface area contributed by atoms with Crippen molar-refractivity contribution in [2.45, 2.75) is 52.0 Å². The van der Waals surface area contributed by atoms with Gasteiger partial charge in [-0.1, -0.05) is 25.1 Å². The summed E-state index contributed by atoms with van der Waals surface area (Å²) in [6, 6.07) is 8.59. The first kappa shape index (κ1) is 21.9. The van der Waals surface area contributed by atoms with E-state index in [0.29, 0.717) is 24.9 Å². The number of aromatic nitrogens is 2. The van der Waals surface area contributed by atoms with Crippen molar-refractivity contribution in [3.8, 4) is 5.75 Å². The number of nitrogens with one attached hydrogen (secondary N) is 2. The number of guanidine groups is 1. The predicted octanol–water partition coefficient (Wildman–Crippen LogP) is 2.97. The van der Waals surface area contributed by atoms with E-state index in [-0.39, 0.29) is 5.92 Å². The third kappa shape index (κ3) is 6.11. The summed E-state index contributed by atoms with van der Waals surface area (Å²) in [4.78, 5) is 11.5. The molecule has 0 spiro atoms. The number of hydrogen-bond acceptors (Lipinski definition) is 6. The molecule has 2 heterocycles. The normalized spacial score (nSPS) is 17.3. The summed E-state index contributed by atoms with van der Waals surface area (Å²) in [6.45, 7) is 9.58. The van der Waals surface area contributed by atoms with E-state index in [9.17, 15) is 0 Å². The standard InChI is InChI=1S/C22H34N6O2/c1-5-23-22(24-12-11-20-26-21(16(2)3)27-30-20)25-17-8-7-13-28(15-17)18-9-6-10-19(14-18)29-4/h6,9-10,14,16-17H,5,7-8,11-13,15H2,1-4H3,(H2,23,24,25).